The number of rotatable bonds is 9. The van der Waals surface area contributed by atoms with E-state index >= 15 is 0 Å². The lowest BCUT2D eigenvalue weighted by atomic mass is 9.86. The van der Waals surface area contributed by atoms with Crippen LogP contribution >= 0.6 is 0 Å². The Balaban J connectivity index is 1.49. The number of benzene rings is 2. The minimum Gasteiger partial charge on any atom is -0.390 e. The second kappa shape index (κ2) is 10.9. The van der Waals surface area contributed by atoms with Crippen LogP contribution in [0, 0.1) is 11.6 Å². The molecule has 33 heavy (non-hydrogen) atoms. The Bertz CT molecular complexity index is 1040. The van der Waals surface area contributed by atoms with Gasteiger partial charge >= 0.3 is 0 Å². The molecule has 3 N–H and O–H groups in total. The highest BCUT2D eigenvalue weighted by molar-refractivity contribution is 5.42. The Labute approximate surface area is 194 Å². The first-order valence-corrected chi connectivity index (χ1v) is 11.7. The lowest BCUT2D eigenvalue weighted by molar-refractivity contribution is 0.143. The number of aliphatic hydroxyl groups is 1. The maximum absolute atomic E-state index is 13.8. The van der Waals surface area contributed by atoms with Gasteiger partial charge in [0.1, 0.15) is 11.6 Å². The molecule has 1 aliphatic carbocycles. The molecule has 0 amide bonds. The van der Waals surface area contributed by atoms with Crippen LogP contribution in [0.2, 0.25) is 0 Å². The molecule has 3 atom stereocenters. The van der Waals surface area contributed by atoms with E-state index in [1.807, 2.05) is 6.07 Å². The number of fused-ring (bicyclic) bond motifs is 1. The number of halogens is 2. The molecule has 6 heteroatoms. The van der Waals surface area contributed by atoms with Gasteiger partial charge in [0.15, 0.2) is 0 Å². The molecule has 0 saturated carbocycles. The third-order valence-corrected chi connectivity index (χ3v) is 6.36. The number of aromatic nitrogens is 1. The van der Waals surface area contributed by atoms with Crippen molar-refractivity contribution in [2.75, 3.05) is 11.9 Å². The summed E-state index contributed by atoms with van der Waals surface area (Å²) < 4.78 is 27.5. The molecule has 0 radical (unpaired) electrons. The van der Waals surface area contributed by atoms with E-state index in [4.69, 9.17) is 0 Å². The van der Waals surface area contributed by atoms with E-state index in [1.165, 1.54) is 28.8 Å². The van der Waals surface area contributed by atoms with Gasteiger partial charge in [-0.25, -0.2) is 8.78 Å². The Kier molecular flexibility index (Phi) is 7.68. The molecule has 0 saturated heterocycles. The van der Waals surface area contributed by atoms with Gasteiger partial charge < -0.3 is 15.7 Å². The normalized spacial score (nSPS) is 17.3. The predicted molar refractivity (Wildman–Crippen MR) is 127 cm³/mol. The fourth-order valence-corrected chi connectivity index (χ4v) is 4.61. The molecule has 4 nitrogen and oxygen atoms in total. The van der Waals surface area contributed by atoms with Crippen LogP contribution in [0.25, 0.3) is 0 Å². The Morgan fingerprint density at radius 3 is 2.64 bits per heavy atom. The second-order valence-corrected chi connectivity index (χ2v) is 8.78. The summed E-state index contributed by atoms with van der Waals surface area (Å²) in [6.45, 7) is 2.51. The monoisotopic (exact) mass is 451 g/mol. The number of hydrogen-bond acceptors (Lipinski definition) is 4. The molecule has 0 bridgehead atoms. The van der Waals surface area contributed by atoms with Gasteiger partial charge in [0, 0.05) is 31.0 Å². The number of nitrogens with zero attached hydrogens (tertiary/aromatic N) is 1. The van der Waals surface area contributed by atoms with E-state index < -0.39 is 23.8 Å². The number of anilines is 1. The standard InChI is InChI=1S/C27H31F2N3O/c1-2-18-8-9-20-5-3-7-25(24(20)13-18)31-17-27(33)26(32-23-6-4-10-30-16-23)14-19-11-21(28)15-22(29)12-19/h4,6,8-13,15-16,25-27,31-33H,2-3,5,7,14,17H2,1H3. The summed E-state index contributed by atoms with van der Waals surface area (Å²) in [6.07, 6.45) is 7.02. The van der Waals surface area contributed by atoms with E-state index in [-0.39, 0.29) is 12.5 Å². The summed E-state index contributed by atoms with van der Waals surface area (Å²) >= 11 is 0. The zero-order chi connectivity index (χ0) is 23.2. The first-order chi connectivity index (χ1) is 16.0. The predicted octanol–water partition coefficient (Wildman–Crippen LogP) is 4.97. The number of aliphatic hydroxyl groups excluding tert-OH is 1. The third-order valence-electron chi connectivity index (χ3n) is 6.36. The van der Waals surface area contributed by atoms with Crippen LogP contribution < -0.4 is 10.6 Å². The smallest absolute Gasteiger partial charge is 0.126 e. The SMILES string of the molecule is CCc1ccc2c(c1)C(NCC(O)C(Cc1cc(F)cc(F)c1)Nc1cccnc1)CCC2. The van der Waals surface area contributed by atoms with Crippen molar-refractivity contribution >= 4 is 5.69 Å². The highest BCUT2D eigenvalue weighted by atomic mass is 19.1. The van der Waals surface area contributed by atoms with Crippen LogP contribution in [-0.2, 0) is 19.3 Å². The van der Waals surface area contributed by atoms with Crippen molar-refractivity contribution in [1.29, 1.82) is 0 Å². The maximum Gasteiger partial charge on any atom is 0.126 e. The molecular formula is C27H31F2N3O. The summed E-state index contributed by atoms with van der Waals surface area (Å²) in [5, 5.41) is 18.0. The third kappa shape index (κ3) is 6.15. The van der Waals surface area contributed by atoms with Crippen LogP contribution in [0.4, 0.5) is 14.5 Å². The zero-order valence-electron chi connectivity index (χ0n) is 18.9. The molecular weight excluding hydrogens is 420 g/mol. The van der Waals surface area contributed by atoms with Gasteiger partial charge in [-0.3, -0.25) is 4.98 Å². The van der Waals surface area contributed by atoms with Crippen LogP contribution in [0.3, 0.4) is 0 Å². The summed E-state index contributed by atoms with van der Waals surface area (Å²) in [5.41, 5.74) is 5.23. The lowest BCUT2D eigenvalue weighted by Crippen LogP contribution is -2.43. The van der Waals surface area contributed by atoms with E-state index in [0.29, 0.717) is 12.1 Å². The van der Waals surface area contributed by atoms with Crippen molar-refractivity contribution in [2.24, 2.45) is 0 Å². The molecule has 1 aromatic heterocycles. The number of nitrogens with one attached hydrogen (secondary N) is 2. The van der Waals surface area contributed by atoms with E-state index in [1.54, 1.807) is 18.5 Å². The van der Waals surface area contributed by atoms with E-state index in [9.17, 15) is 13.9 Å². The molecule has 3 unspecified atom stereocenters. The number of pyridine rings is 1. The fourth-order valence-electron chi connectivity index (χ4n) is 4.61. The van der Waals surface area contributed by atoms with Gasteiger partial charge in [-0.1, -0.05) is 25.1 Å². The summed E-state index contributed by atoms with van der Waals surface area (Å²) in [6, 6.07) is 13.6. The van der Waals surface area contributed by atoms with Crippen molar-refractivity contribution in [3.8, 4) is 0 Å². The van der Waals surface area contributed by atoms with Gasteiger partial charge in [-0.2, -0.15) is 0 Å². The Morgan fingerprint density at radius 1 is 1.09 bits per heavy atom. The topological polar surface area (TPSA) is 57.2 Å². The van der Waals surface area contributed by atoms with Crippen LogP contribution in [0.1, 0.15) is 48.1 Å². The van der Waals surface area contributed by atoms with Crippen molar-refractivity contribution in [3.05, 3.63) is 94.8 Å². The number of hydrogen-bond donors (Lipinski definition) is 3. The van der Waals surface area contributed by atoms with Gasteiger partial charge in [-0.05, 0) is 78.6 Å². The molecule has 2 aromatic carbocycles. The Morgan fingerprint density at radius 2 is 1.91 bits per heavy atom. The average molecular weight is 452 g/mol. The minimum atomic E-state index is -0.781. The van der Waals surface area contributed by atoms with Gasteiger partial charge in [0.2, 0.25) is 0 Å². The van der Waals surface area contributed by atoms with Crippen molar-refractivity contribution in [1.82, 2.24) is 10.3 Å². The summed E-state index contributed by atoms with van der Waals surface area (Å²) in [7, 11) is 0. The molecule has 1 aliphatic rings. The van der Waals surface area contributed by atoms with Crippen LogP contribution in [0.15, 0.2) is 60.9 Å². The molecule has 0 aliphatic heterocycles. The molecule has 174 valence electrons. The van der Waals surface area contributed by atoms with Crippen molar-refractivity contribution in [2.45, 2.75) is 57.2 Å². The largest absolute Gasteiger partial charge is 0.390 e. The summed E-state index contributed by atoms with van der Waals surface area (Å²) in [4.78, 5) is 4.11. The van der Waals surface area contributed by atoms with Crippen LogP contribution in [0.5, 0.6) is 0 Å². The Hall–Kier alpha value is -2.83. The second-order valence-electron chi connectivity index (χ2n) is 8.78. The first kappa shape index (κ1) is 23.3. The zero-order valence-corrected chi connectivity index (χ0v) is 18.9. The minimum absolute atomic E-state index is 0.181. The van der Waals surface area contributed by atoms with Crippen molar-refractivity contribution in [3.63, 3.8) is 0 Å². The molecule has 4 rings (SSSR count). The van der Waals surface area contributed by atoms with E-state index in [2.05, 4.69) is 40.7 Å². The van der Waals surface area contributed by atoms with Crippen LogP contribution in [-0.4, -0.2) is 28.8 Å². The van der Waals surface area contributed by atoms with Crippen molar-refractivity contribution < 1.29 is 13.9 Å². The maximum atomic E-state index is 13.8. The first-order valence-electron chi connectivity index (χ1n) is 11.7. The van der Waals surface area contributed by atoms with E-state index in [0.717, 1.165) is 37.4 Å². The fraction of sp³-hybridized carbons (Fsp3) is 0.370. The molecule has 0 spiro atoms. The van der Waals surface area contributed by atoms with Gasteiger partial charge in [0.25, 0.3) is 0 Å². The highest BCUT2D eigenvalue weighted by Crippen LogP contribution is 2.31. The lowest BCUT2D eigenvalue weighted by Gasteiger charge is -2.30. The molecule has 3 aromatic rings. The van der Waals surface area contributed by atoms with Gasteiger partial charge in [-0.15, -0.1) is 0 Å². The average Bonchev–Trinajstić information content (AvgIpc) is 2.81. The summed E-state index contributed by atoms with van der Waals surface area (Å²) in [5.74, 6) is -1.24. The molecule has 0 fully saturated rings. The molecule has 1 heterocycles. The highest BCUT2D eigenvalue weighted by Gasteiger charge is 2.25. The van der Waals surface area contributed by atoms with Gasteiger partial charge in [0.05, 0.1) is 17.8 Å². The number of aryl methyl sites for hydroxylation is 2. The quantitative estimate of drug-likeness (QED) is 0.430.